The van der Waals surface area contributed by atoms with E-state index in [1.165, 1.54) is 6.20 Å². The van der Waals surface area contributed by atoms with E-state index in [2.05, 4.69) is 14.9 Å². The maximum Gasteiger partial charge on any atom is 0.269 e. The summed E-state index contributed by atoms with van der Waals surface area (Å²) in [5, 5.41) is 15.2. The van der Waals surface area contributed by atoms with Crippen molar-refractivity contribution in [3.05, 3.63) is 40.9 Å². The van der Waals surface area contributed by atoms with E-state index in [1.807, 2.05) is 0 Å². The van der Waals surface area contributed by atoms with E-state index in [9.17, 15) is 4.79 Å². The molecule has 0 fully saturated rings. The standard InChI is InChI=1S/C10H9N3O2S/c14-6-7-1-3-8(4-2-7)12-10(15)9-5-11-13-16-9/h1-5,14H,6H2,(H,12,15). The molecule has 0 aliphatic carbocycles. The number of nitrogens with zero attached hydrogens (tertiary/aromatic N) is 2. The lowest BCUT2D eigenvalue weighted by molar-refractivity contribution is 0.103. The molecule has 1 heterocycles. The number of hydrogen-bond acceptors (Lipinski definition) is 5. The van der Waals surface area contributed by atoms with Gasteiger partial charge in [-0.25, -0.2) is 0 Å². The van der Waals surface area contributed by atoms with E-state index in [4.69, 9.17) is 5.11 Å². The molecule has 2 rings (SSSR count). The monoisotopic (exact) mass is 235 g/mol. The van der Waals surface area contributed by atoms with Gasteiger partial charge in [0.25, 0.3) is 5.91 Å². The topological polar surface area (TPSA) is 75.1 Å². The second kappa shape index (κ2) is 4.82. The molecule has 5 nitrogen and oxygen atoms in total. The van der Waals surface area contributed by atoms with Crippen molar-refractivity contribution in [2.24, 2.45) is 0 Å². The number of hydrogen-bond donors (Lipinski definition) is 2. The van der Waals surface area contributed by atoms with E-state index >= 15 is 0 Å². The van der Waals surface area contributed by atoms with Gasteiger partial charge in [0.15, 0.2) is 0 Å². The number of anilines is 1. The van der Waals surface area contributed by atoms with Crippen molar-refractivity contribution in [3.8, 4) is 0 Å². The number of nitrogens with one attached hydrogen (secondary N) is 1. The number of benzene rings is 1. The highest BCUT2D eigenvalue weighted by molar-refractivity contribution is 7.07. The van der Waals surface area contributed by atoms with Crippen LogP contribution in [-0.2, 0) is 6.61 Å². The summed E-state index contributed by atoms with van der Waals surface area (Å²) in [5.74, 6) is -0.230. The minimum absolute atomic E-state index is 0.00695. The molecule has 1 aromatic carbocycles. The molecule has 82 valence electrons. The van der Waals surface area contributed by atoms with Gasteiger partial charge >= 0.3 is 0 Å². The fraction of sp³-hybridized carbons (Fsp3) is 0.100. The van der Waals surface area contributed by atoms with Crippen molar-refractivity contribution in [2.45, 2.75) is 6.61 Å². The van der Waals surface area contributed by atoms with Crippen molar-refractivity contribution < 1.29 is 9.90 Å². The van der Waals surface area contributed by atoms with Gasteiger partial charge in [-0.15, -0.1) is 5.10 Å². The van der Waals surface area contributed by atoms with Crippen molar-refractivity contribution in [3.63, 3.8) is 0 Å². The summed E-state index contributed by atoms with van der Waals surface area (Å²) in [5.41, 5.74) is 1.48. The molecule has 0 aliphatic rings. The van der Waals surface area contributed by atoms with Gasteiger partial charge in [0.05, 0.1) is 12.8 Å². The van der Waals surface area contributed by atoms with Crippen LogP contribution in [0.15, 0.2) is 30.5 Å². The zero-order chi connectivity index (χ0) is 11.4. The van der Waals surface area contributed by atoms with Gasteiger partial charge in [-0.2, -0.15) is 0 Å². The van der Waals surface area contributed by atoms with Crippen LogP contribution in [0.3, 0.4) is 0 Å². The fourth-order valence-electron chi connectivity index (χ4n) is 1.15. The number of carbonyl (C=O) groups excluding carboxylic acids is 1. The van der Waals surface area contributed by atoms with Crippen LogP contribution in [0.2, 0.25) is 0 Å². The SMILES string of the molecule is O=C(Nc1ccc(CO)cc1)c1cnns1. The Morgan fingerprint density at radius 1 is 1.38 bits per heavy atom. The van der Waals surface area contributed by atoms with E-state index in [-0.39, 0.29) is 12.5 Å². The Morgan fingerprint density at radius 3 is 2.69 bits per heavy atom. The molecule has 1 aromatic heterocycles. The molecule has 0 spiro atoms. The van der Waals surface area contributed by atoms with E-state index in [1.54, 1.807) is 24.3 Å². The van der Waals surface area contributed by atoms with E-state index in [0.29, 0.717) is 10.6 Å². The van der Waals surface area contributed by atoms with E-state index < -0.39 is 0 Å². The van der Waals surface area contributed by atoms with Crippen LogP contribution in [0.25, 0.3) is 0 Å². The average Bonchev–Trinajstić information content (AvgIpc) is 2.83. The van der Waals surface area contributed by atoms with Crippen molar-refractivity contribution in [1.29, 1.82) is 0 Å². The molecule has 16 heavy (non-hydrogen) atoms. The van der Waals surface area contributed by atoms with Crippen LogP contribution in [0.5, 0.6) is 0 Å². The summed E-state index contributed by atoms with van der Waals surface area (Å²) in [4.78, 5) is 12.1. The third-order valence-corrected chi connectivity index (χ3v) is 2.64. The Morgan fingerprint density at radius 2 is 2.12 bits per heavy atom. The molecule has 6 heteroatoms. The molecular weight excluding hydrogens is 226 g/mol. The highest BCUT2D eigenvalue weighted by atomic mass is 32.1. The third kappa shape index (κ3) is 2.41. The Labute approximate surface area is 95.9 Å². The van der Waals surface area contributed by atoms with Crippen LogP contribution in [0.4, 0.5) is 5.69 Å². The zero-order valence-corrected chi connectivity index (χ0v) is 9.07. The van der Waals surface area contributed by atoms with Crippen LogP contribution in [0.1, 0.15) is 15.2 Å². The molecule has 0 saturated heterocycles. The predicted molar refractivity (Wildman–Crippen MR) is 60.2 cm³/mol. The lowest BCUT2D eigenvalue weighted by Crippen LogP contribution is -2.09. The lowest BCUT2D eigenvalue weighted by atomic mass is 10.2. The number of aromatic nitrogens is 2. The number of aliphatic hydroxyl groups excluding tert-OH is 1. The smallest absolute Gasteiger partial charge is 0.269 e. The molecule has 0 bridgehead atoms. The summed E-state index contributed by atoms with van der Waals surface area (Å²) in [6.07, 6.45) is 1.42. The largest absolute Gasteiger partial charge is 0.392 e. The Hall–Kier alpha value is -1.79. The third-order valence-electron chi connectivity index (χ3n) is 1.98. The predicted octanol–water partition coefficient (Wildman–Crippen LogP) is 1.28. The molecule has 0 unspecified atom stereocenters. The number of amides is 1. The second-order valence-corrected chi connectivity index (χ2v) is 3.88. The first-order valence-corrected chi connectivity index (χ1v) is 5.35. The van der Waals surface area contributed by atoms with Gasteiger partial charge in [0.2, 0.25) is 0 Å². The summed E-state index contributed by atoms with van der Waals surface area (Å²) < 4.78 is 3.61. The second-order valence-electron chi connectivity index (χ2n) is 3.09. The van der Waals surface area contributed by atoms with Gasteiger partial charge < -0.3 is 10.4 Å². The van der Waals surface area contributed by atoms with Crippen LogP contribution >= 0.6 is 11.5 Å². The quantitative estimate of drug-likeness (QED) is 0.840. The van der Waals surface area contributed by atoms with Crippen LogP contribution in [-0.4, -0.2) is 20.6 Å². The first kappa shape index (κ1) is 10.7. The Bertz CT molecular complexity index is 467. The molecule has 1 amide bonds. The number of aliphatic hydroxyl groups is 1. The molecule has 0 saturated carbocycles. The fourth-order valence-corrected chi connectivity index (χ4v) is 1.56. The van der Waals surface area contributed by atoms with Gasteiger partial charge in [0, 0.05) is 5.69 Å². The molecule has 2 N–H and O–H groups in total. The minimum Gasteiger partial charge on any atom is -0.392 e. The normalized spacial score (nSPS) is 10.1. The van der Waals surface area contributed by atoms with Gasteiger partial charge in [-0.1, -0.05) is 16.6 Å². The first-order valence-electron chi connectivity index (χ1n) is 4.58. The Balaban J connectivity index is 2.06. The van der Waals surface area contributed by atoms with Gasteiger partial charge in [-0.05, 0) is 29.2 Å². The molecule has 0 aliphatic heterocycles. The van der Waals surface area contributed by atoms with Gasteiger partial charge in [-0.3, -0.25) is 4.79 Å². The Kier molecular flexibility index (Phi) is 3.23. The summed E-state index contributed by atoms with van der Waals surface area (Å²) in [6, 6.07) is 6.97. The highest BCUT2D eigenvalue weighted by Gasteiger charge is 2.08. The molecule has 0 atom stereocenters. The lowest BCUT2D eigenvalue weighted by Gasteiger charge is -2.03. The summed E-state index contributed by atoms with van der Waals surface area (Å²) >= 11 is 1.04. The summed E-state index contributed by atoms with van der Waals surface area (Å²) in [6.45, 7) is -0.00695. The summed E-state index contributed by atoms with van der Waals surface area (Å²) in [7, 11) is 0. The zero-order valence-electron chi connectivity index (χ0n) is 8.25. The van der Waals surface area contributed by atoms with E-state index in [0.717, 1.165) is 17.1 Å². The number of carbonyl (C=O) groups is 1. The van der Waals surface area contributed by atoms with Crippen molar-refractivity contribution in [1.82, 2.24) is 9.59 Å². The maximum absolute atomic E-state index is 11.6. The first-order chi connectivity index (χ1) is 7.79. The minimum atomic E-state index is -0.230. The average molecular weight is 235 g/mol. The van der Waals surface area contributed by atoms with Crippen LogP contribution in [0, 0.1) is 0 Å². The molecule has 2 aromatic rings. The maximum atomic E-state index is 11.6. The van der Waals surface area contributed by atoms with Crippen molar-refractivity contribution in [2.75, 3.05) is 5.32 Å². The van der Waals surface area contributed by atoms with Crippen LogP contribution < -0.4 is 5.32 Å². The molecule has 0 radical (unpaired) electrons. The molecular formula is C10H9N3O2S. The number of rotatable bonds is 3. The van der Waals surface area contributed by atoms with Crippen molar-refractivity contribution >= 4 is 23.1 Å². The highest BCUT2D eigenvalue weighted by Crippen LogP contribution is 2.12. The van der Waals surface area contributed by atoms with Gasteiger partial charge in [0.1, 0.15) is 4.88 Å².